The minimum Gasteiger partial charge on any atom is -0.332 e. The third-order valence-corrected chi connectivity index (χ3v) is 13.9. The van der Waals surface area contributed by atoms with Crippen LogP contribution in [0.2, 0.25) is 0 Å². The van der Waals surface area contributed by atoms with E-state index in [1.807, 2.05) is 0 Å². The van der Waals surface area contributed by atoms with Crippen molar-refractivity contribution in [3.63, 3.8) is 0 Å². The lowest BCUT2D eigenvalue weighted by atomic mass is 9.77. The highest BCUT2D eigenvalue weighted by Crippen LogP contribution is 2.60. The normalized spacial score (nSPS) is 18.8. The van der Waals surface area contributed by atoms with Crippen LogP contribution < -0.4 is 4.90 Å². The average Bonchev–Trinajstić information content (AvgIpc) is 3.85. The molecule has 2 aromatic heterocycles. The zero-order valence-corrected chi connectivity index (χ0v) is 31.6. The Hall–Kier alpha value is -6.10. The van der Waals surface area contributed by atoms with Crippen LogP contribution in [0.25, 0.3) is 64.8 Å². The SMILES string of the molecule is CC1(C)c2cc(-c3nc(-c4ccccc4)c4sc5ccccc5c4n3)ccc2-c2c1cc1ccccc1c2N1c2ccccc2C2C3=C(C=CCC3)C=CC21. The maximum atomic E-state index is 5.36. The number of thiophene rings is 1. The van der Waals surface area contributed by atoms with Crippen molar-refractivity contribution >= 4 is 53.8 Å². The van der Waals surface area contributed by atoms with Gasteiger partial charge in [0, 0.05) is 49.2 Å². The van der Waals surface area contributed by atoms with Crippen molar-refractivity contribution in [2.75, 3.05) is 4.90 Å². The van der Waals surface area contributed by atoms with Gasteiger partial charge in [-0.05, 0) is 70.3 Å². The Kier molecular flexibility index (Phi) is 6.51. The number of nitrogens with zero attached hydrogens (tertiary/aromatic N) is 3. The summed E-state index contributed by atoms with van der Waals surface area (Å²) in [7, 11) is 0. The van der Waals surface area contributed by atoms with Crippen LogP contribution >= 0.6 is 11.3 Å². The molecule has 0 spiro atoms. The summed E-state index contributed by atoms with van der Waals surface area (Å²) >= 11 is 1.78. The van der Waals surface area contributed by atoms with Crippen LogP contribution in [0.4, 0.5) is 11.4 Å². The number of fused-ring (bicyclic) bond motifs is 11. The van der Waals surface area contributed by atoms with Gasteiger partial charge in [0.05, 0.1) is 27.6 Å². The van der Waals surface area contributed by atoms with Gasteiger partial charge in [-0.1, -0.05) is 147 Å². The first kappa shape index (κ1) is 31.3. The Morgan fingerprint density at radius 2 is 1.53 bits per heavy atom. The predicted molar refractivity (Wildman–Crippen MR) is 231 cm³/mol. The van der Waals surface area contributed by atoms with E-state index in [-0.39, 0.29) is 11.5 Å². The summed E-state index contributed by atoms with van der Waals surface area (Å²) in [6, 6.07) is 47.1. The number of para-hydroxylation sites is 1. The maximum absolute atomic E-state index is 5.36. The fourth-order valence-electron chi connectivity index (χ4n) is 10.1. The number of benzene rings is 6. The lowest BCUT2D eigenvalue weighted by Crippen LogP contribution is -2.32. The molecule has 4 heteroatoms. The van der Waals surface area contributed by atoms with E-state index >= 15 is 0 Å². The highest BCUT2D eigenvalue weighted by Gasteiger charge is 2.46. The second kappa shape index (κ2) is 11.5. The van der Waals surface area contributed by atoms with Gasteiger partial charge in [0.25, 0.3) is 0 Å². The number of hydrogen-bond acceptors (Lipinski definition) is 4. The Labute approximate surface area is 324 Å². The highest BCUT2D eigenvalue weighted by atomic mass is 32.1. The van der Waals surface area contributed by atoms with Gasteiger partial charge >= 0.3 is 0 Å². The number of aromatic nitrogens is 2. The van der Waals surface area contributed by atoms with E-state index in [0.717, 1.165) is 45.7 Å². The lowest BCUT2D eigenvalue weighted by Gasteiger charge is -2.35. The molecule has 0 saturated heterocycles. The summed E-state index contributed by atoms with van der Waals surface area (Å²) in [5, 5.41) is 3.76. The minimum absolute atomic E-state index is 0.209. The van der Waals surface area contributed by atoms with Gasteiger partial charge < -0.3 is 4.90 Å². The topological polar surface area (TPSA) is 29.0 Å². The predicted octanol–water partition coefficient (Wildman–Crippen LogP) is 13.5. The van der Waals surface area contributed by atoms with Gasteiger partial charge in [-0.25, -0.2) is 9.97 Å². The molecule has 0 N–H and O–H groups in total. The summed E-state index contributed by atoms with van der Waals surface area (Å²) in [5.74, 6) is 1.11. The molecule has 3 nitrogen and oxygen atoms in total. The average molecular weight is 724 g/mol. The van der Waals surface area contributed by atoms with E-state index in [0.29, 0.717) is 5.92 Å². The molecule has 0 radical (unpaired) electrons. The first-order chi connectivity index (χ1) is 27.0. The molecule has 8 aromatic rings. The minimum atomic E-state index is -0.244. The monoisotopic (exact) mass is 723 g/mol. The number of anilines is 2. The Morgan fingerprint density at radius 3 is 2.44 bits per heavy atom. The van der Waals surface area contributed by atoms with Crippen molar-refractivity contribution in [3.05, 3.63) is 180 Å². The van der Waals surface area contributed by atoms with E-state index in [2.05, 4.69) is 170 Å². The van der Waals surface area contributed by atoms with Crippen molar-refractivity contribution in [3.8, 4) is 33.8 Å². The van der Waals surface area contributed by atoms with Crippen molar-refractivity contribution in [1.82, 2.24) is 9.97 Å². The number of rotatable bonds is 3. The molecule has 6 aromatic carbocycles. The van der Waals surface area contributed by atoms with Crippen molar-refractivity contribution in [2.45, 2.75) is 44.1 Å². The first-order valence-corrected chi connectivity index (χ1v) is 20.3. The lowest BCUT2D eigenvalue weighted by molar-refractivity contribution is 0.659. The standard InChI is InChI=1S/C51H37N3S/c1-51(2)39-29-33(50-52-46(31-15-4-3-5-16-31)49-47(53-50)38-21-11-13-23-43(38)55-49)24-26-36(39)45-40(51)28-32-17-7-9-19-35(32)48(45)54-41-22-12-10-20-37(41)44-34-18-8-6-14-30(34)25-27-42(44)54/h3-7,9-17,19-29,42,44H,8,18H2,1-2H3. The van der Waals surface area contributed by atoms with Crippen LogP contribution in [0.3, 0.4) is 0 Å². The summed E-state index contributed by atoms with van der Waals surface area (Å²) in [5.41, 5.74) is 16.3. The molecule has 0 amide bonds. The third kappa shape index (κ3) is 4.37. The van der Waals surface area contributed by atoms with Crippen molar-refractivity contribution < 1.29 is 0 Å². The molecule has 2 unspecified atom stereocenters. The second-order valence-corrected chi connectivity index (χ2v) is 17.0. The maximum Gasteiger partial charge on any atom is 0.160 e. The van der Waals surface area contributed by atoms with Crippen molar-refractivity contribution in [2.24, 2.45) is 0 Å². The van der Waals surface area contributed by atoms with E-state index in [1.165, 1.54) is 65.6 Å². The van der Waals surface area contributed by atoms with E-state index < -0.39 is 0 Å². The molecule has 3 heterocycles. The van der Waals surface area contributed by atoms with Gasteiger partial charge in [0.15, 0.2) is 5.82 Å². The first-order valence-electron chi connectivity index (χ1n) is 19.5. The molecule has 0 fully saturated rings. The zero-order valence-electron chi connectivity index (χ0n) is 30.8. The van der Waals surface area contributed by atoms with Crippen molar-refractivity contribution in [1.29, 1.82) is 0 Å². The Balaban J connectivity index is 1.08. The second-order valence-electron chi connectivity index (χ2n) is 16.0. The molecule has 55 heavy (non-hydrogen) atoms. The Morgan fingerprint density at radius 1 is 0.727 bits per heavy atom. The van der Waals surface area contributed by atoms with Crippen LogP contribution in [-0.4, -0.2) is 16.0 Å². The highest BCUT2D eigenvalue weighted by molar-refractivity contribution is 7.26. The van der Waals surface area contributed by atoms with Crippen LogP contribution in [0.5, 0.6) is 0 Å². The van der Waals surface area contributed by atoms with Crippen LogP contribution in [0, 0.1) is 0 Å². The van der Waals surface area contributed by atoms with Gasteiger partial charge in [0.1, 0.15) is 0 Å². The fourth-order valence-corrected chi connectivity index (χ4v) is 11.3. The summed E-state index contributed by atoms with van der Waals surface area (Å²) in [6.07, 6.45) is 11.8. The molecule has 0 saturated carbocycles. The Bertz CT molecular complexity index is 3030. The van der Waals surface area contributed by atoms with E-state index in [1.54, 1.807) is 16.9 Å². The van der Waals surface area contributed by atoms with E-state index in [4.69, 9.17) is 9.97 Å². The van der Waals surface area contributed by atoms with Crippen LogP contribution in [0.1, 0.15) is 49.3 Å². The van der Waals surface area contributed by atoms with Crippen LogP contribution in [0.15, 0.2) is 163 Å². The third-order valence-electron chi connectivity index (χ3n) is 12.7. The number of hydrogen-bond donors (Lipinski definition) is 0. The quantitative estimate of drug-likeness (QED) is 0.182. The molecule has 12 rings (SSSR count). The molecular weight excluding hydrogens is 687 g/mol. The largest absolute Gasteiger partial charge is 0.332 e. The molecule has 3 aliphatic carbocycles. The molecule has 1 aliphatic heterocycles. The number of allylic oxidation sites excluding steroid dienone is 4. The summed E-state index contributed by atoms with van der Waals surface area (Å²) < 4.78 is 2.37. The smallest absolute Gasteiger partial charge is 0.160 e. The fraction of sp³-hybridized carbons (Fsp3) is 0.137. The molecule has 2 atom stereocenters. The molecule has 0 bridgehead atoms. The summed E-state index contributed by atoms with van der Waals surface area (Å²) in [6.45, 7) is 4.80. The van der Waals surface area contributed by atoms with E-state index in [9.17, 15) is 0 Å². The van der Waals surface area contributed by atoms with Gasteiger partial charge in [-0.15, -0.1) is 11.3 Å². The van der Waals surface area contributed by atoms with Gasteiger partial charge in [-0.2, -0.15) is 0 Å². The molecule has 262 valence electrons. The van der Waals surface area contributed by atoms with Gasteiger partial charge in [0.2, 0.25) is 0 Å². The van der Waals surface area contributed by atoms with Gasteiger partial charge in [-0.3, -0.25) is 0 Å². The summed E-state index contributed by atoms with van der Waals surface area (Å²) in [4.78, 5) is 13.4. The zero-order chi connectivity index (χ0) is 36.4. The molecular formula is C51H37N3S. The molecule has 4 aliphatic rings. The van der Waals surface area contributed by atoms with Crippen LogP contribution in [-0.2, 0) is 5.41 Å².